The van der Waals surface area contributed by atoms with Gasteiger partial charge >= 0.3 is 5.97 Å². The first-order valence-corrected chi connectivity index (χ1v) is 4.40. The zero-order valence-electron chi connectivity index (χ0n) is 6.04. The molecular weight excluding hydrogens is 149 g/mol. The summed E-state index contributed by atoms with van der Waals surface area (Å²) in [5, 5.41) is 8.34. The van der Waals surface area contributed by atoms with Crippen LogP contribution in [0.5, 0.6) is 0 Å². The van der Waals surface area contributed by atoms with Crippen molar-refractivity contribution in [2.75, 3.05) is 11.5 Å². The molecule has 1 atom stereocenters. The van der Waals surface area contributed by atoms with Crippen LogP contribution >= 0.6 is 11.8 Å². The molecule has 10 heavy (non-hydrogen) atoms. The zero-order chi connectivity index (χ0) is 7.98. The molecule has 5 heteroatoms. The van der Waals surface area contributed by atoms with Crippen molar-refractivity contribution in [1.29, 1.82) is 0 Å². The second-order valence-corrected chi connectivity index (χ2v) is 3.17. The lowest BCUT2D eigenvalue weighted by Crippen LogP contribution is -2.32. The van der Waals surface area contributed by atoms with Gasteiger partial charge in [0.25, 0.3) is 0 Å². The quantitative estimate of drug-likeness (QED) is 0.408. The lowest BCUT2D eigenvalue weighted by Gasteiger charge is -2.03. The molecule has 0 aromatic carbocycles. The van der Waals surface area contributed by atoms with Crippen LogP contribution in [0.25, 0.3) is 0 Å². The van der Waals surface area contributed by atoms with Gasteiger partial charge in [-0.25, -0.2) is 0 Å². The van der Waals surface area contributed by atoms with Gasteiger partial charge in [0.05, 0.1) is 0 Å². The summed E-state index contributed by atoms with van der Waals surface area (Å²) in [7, 11) is 2.05. The molecule has 0 aromatic rings. The highest BCUT2D eigenvalue weighted by atomic mass is 32.2. The van der Waals surface area contributed by atoms with Gasteiger partial charge in [0.1, 0.15) is 13.9 Å². The van der Waals surface area contributed by atoms with Crippen LogP contribution in [-0.2, 0) is 4.79 Å². The van der Waals surface area contributed by atoms with Gasteiger partial charge in [-0.1, -0.05) is 6.32 Å². The molecular formula is C5H12BNO2S. The van der Waals surface area contributed by atoms with Gasteiger partial charge in [-0.2, -0.15) is 11.8 Å². The first-order chi connectivity index (χ1) is 4.68. The number of carboxylic acid groups (broad SMARTS) is 1. The van der Waals surface area contributed by atoms with Crippen LogP contribution in [0.15, 0.2) is 0 Å². The summed E-state index contributed by atoms with van der Waals surface area (Å²) in [4.78, 5) is 10.2. The van der Waals surface area contributed by atoms with Crippen molar-refractivity contribution < 1.29 is 9.90 Å². The minimum absolute atomic E-state index is 0.517. The van der Waals surface area contributed by atoms with Crippen molar-refractivity contribution in [2.24, 2.45) is 5.73 Å². The first kappa shape index (κ1) is 9.84. The third-order valence-electron chi connectivity index (χ3n) is 0.963. The lowest BCUT2D eigenvalue weighted by atomic mass is 10.1. The van der Waals surface area contributed by atoms with Crippen LogP contribution in [0, 0.1) is 0 Å². The highest BCUT2D eigenvalue weighted by molar-refractivity contribution is 7.99. The molecule has 58 valence electrons. The maximum atomic E-state index is 10.2. The minimum Gasteiger partial charge on any atom is -0.480 e. The third kappa shape index (κ3) is 4.70. The molecule has 0 aliphatic heterocycles. The summed E-state index contributed by atoms with van der Waals surface area (Å²) >= 11 is 1.58. The Morgan fingerprint density at radius 2 is 2.40 bits per heavy atom. The van der Waals surface area contributed by atoms with E-state index in [2.05, 4.69) is 7.85 Å². The summed E-state index contributed by atoms with van der Waals surface area (Å²) < 4.78 is 0. The van der Waals surface area contributed by atoms with Gasteiger partial charge in [0.15, 0.2) is 0 Å². The summed E-state index contributed by atoms with van der Waals surface area (Å²) in [5.74, 6) is 0.591. The fraction of sp³-hybridized carbons (Fsp3) is 0.800. The van der Waals surface area contributed by atoms with Crippen molar-refractivity contribution >= 4 is 25.6 Å². The smallest absolute Gasteiger partial charge is 0.321 e. The minimum atomic E-state index is -0.913. The molecule has 0 aromatic heterocycles. The Labute approximate surface area is 65.8 Å². The Kier molecular flexibility index (Phi) is 5.53. The van der Waals surface area contributed by atoms with Crippen LogP contribution in [0.1, 0.15) is 0 Å². The van der Waals surface area contributed by atoms with E-state index in [0.717, 1.165) is 12.1 Å². The molecule has 0 rings (SSSR count). The second-order valence-electron chi connectivity index (χ2n) is 2.02. The predicted molar refractivity (Wildman–Crippen MR) is 46.3 cm³/mol. The topological polar surface area (TPSA) is 63.3 Å². The van der Waals surface area contributed by atoms with E-state index < -0.39 is 12.0 Å². The first-order valence-electron chi connectivity index (χ1n) is 3.24. The van der Waals surface area contributed by atoms with Gasteiger partial charge in [-0.15, -0.1) is 0 Å². The number of carbonyl (C=O) groups is 1. The second kappa shape index (κ2) is 5.62. The summed E-state index contributed by atoms with van der Waals surface area (Å²) in [6.07, 6.45) is 1.07. The Morgan fingerprint density at radius 3 is 2.80 bits per heavy atom. The van der Waals surface area contributed by atoms with Crippen LogP contribution in [0.3, 0.4) is 0 Å². The molecule has 0 aliphatic rings. The van der Waals surface area contributed by atoms with Crippen LogP contribution in [0.4, 0.5) is 0 Å². The highest BCUT2D eigenvalue weighted by Gasteiger charge is 2.09. The largest absolute Gasteiger partial charge is 0.480 e. The van der Waals surface area contributed by atoms with Crippen molar-refractivity contribution in [1.82, 2.24) is 0 Å². The summed E-state index contributed by atoms with van der Waals surface area (Å²) in [5.41, 5.74) is 5.24. The van der Waals surface area contributed by atoms with Gasteiger partial charge in [-0.3, -0.25) is 4.79 Å². The van der Waals surface area contributed by atoms with E-state index in [1.165, 1.54) is 0 Å². The Balaban J connectivity index is 3.21. The Bertz CT molecular complexity index is 112. The molecule has 0 saturated carbocycles. The molecule has 0 unspecified atom stereocenters. The number of rotatable bonds is 5. The number of hydrogen-bond donors (Lipinski definition) is 2. The van der Waals surface area contributed by atoms with Gasteiger partial charge in [0, 0.05) is 5.75 Å². The average Bonchev–Trinajstić information content (AvgIpc) is 1.88. The molecule has 3 nitrogen and oxygen atoms in total. The molecule has 0 amide bonds. The summed E-state index contributed by atoms with van der Waals surface area (Å²) in [6.45, 7) is 0. The van der Waals surface area contributed by atoms with Gasteiger partial charge in [0.2, 0.25) is 0 Å². The van der Waals surface area contributed by atoms with E-state index in [0.29, 0.717) is 5.75 Å². The molecule has 0 radical (unpaired) electrons. The summed E-state index contributed by atoms with van der Waals surface area (Å²) in [6, 6.07) is -0.698. The molecule has 0 spiro atoms. The van der Waals surface area contributed by atoms with Gasteiger partial charge in [-0.05, 0) is 5.75 Å². The van der Waals surface area contributed by atoms with Gasteiger partial charge < -0.3 is 10.8 Å². The number of carboxylic acids is 1. The monoisotopic (exact) mass is 161 g/mol. The zero-order valence-corrected chi connectivity index (χ0v) is 6.86. The number of thioether (sulfide) groups is 1. The maximum absolute atomic E-state index is 10.2. The van der Waals surface area contributed by atoms with Crippen LogP contribution in [-0.4, -0.2) is 36.5 Å². The Hall–Kier alpha value is -0.155. The van der Waals surface area contributed by atoms with E-state index in [1.54, 1.807) is 11.8 Å². The molecule has 0 heterocycles. The number of nitrogens with two attached hydrogens (primary N) is 1. The van der Waals surface area contributed by atoms with Crippen LogP contribution in [0.2, 0.25) is 6.32 Å². The highest BCUT2D eigenvalue weighted by Crippen LogP contribution is 2.02. The molecule has 0 fully saturated rings. The van der Waals surface area contributed by atoms with Crippen molar-refractivity contribution in [2.45, 2.75) is 12.4 Å². The predicted octanol–water partition coefficient (Wildman–Crippen LogP) is -0.817. The van der Waals surface area contributed by atoms with Crippen molar-refractivity contribution in [3.63, 3.8) is 0 Å². The maximum Gasteiger partial charge on any atom is 0.321 e. The third-order valence-corrected chi connectivity index (χ3v) is 2.25. The van der Waals surface area contributed by atoms with Crippen molar-refractivity contribution in [3.05, 3.63) is 0 Å². The fourth-order valence-corrected chi connectivity index (χ4v) is 1.28. The SMILES string of the molecule is BCCSC[C@H](N)C(=O)O. The molecule has 0 saturated heterocycles. The van der Waals surface area contributed by atoms with E-state index in [9.17, 15) is 4.79 Å². The fourth-order valence-electron chi connectivity index (χ4n) is 0.426. The van der Waals surface area contributed by atoms with E-state index in [4.69, 9.17) is 10.8 Å². The number of hydrogen-bond acceptors (Lipinski definition) is 3. The number of aliphatic carboxylic acids is 1. The average molecular weight is 161 g/mol. The van der Waals surface area contributed by atoms with Crippen molar-refractivity contribution in [3.8, 4) is 0 Å². The molecule has 0 bridgehead atoms. The van der Waals surface area contributed by atoms with E-state index in [1.807, 2.05) is 0 Å². The molecule has 0 aliphatic carbocycles. The Morgan fingerprint density at radius 1 is 1.80 bits per heavy atom. The standard InChI is InChI=1S/C5H12BNO2S/c6-1-2-10-3-4(7)5(8)9/h4H,1-3,6-7H2,(H,8,9)/t4-/m0/s1. The normalized spacial score (nSPS) is 12.9. The van der Waals surface area contributed by atoms with Crippen LogP contribution < -0.4 is 5.73 Å². The van der Waals surface area contributed by atoms with E-state index in [-0.39, 0.29) is 0 Å². The van der Waals surface area contributed by atoms with E-state index >= 15 is 0 Å². The molecule has 3 N–H and O–H groups in total. The lowest BCUT2D eigenvalue weighted by molar-refractivity contribution is -0.137.